The number of nitrogens with two attached hydrogens (primary N) is 1. The largest absolute Gasteiger partial charge is 0.394 e. The molecule has 3 rings (SSSR count). The van der Waals surface area contributed by atoms with E-state index in [4.69, 9.17) is 10.5 Å². The van der Waals surface area contributed by atoms with Crippen molar-refractivity contribution < 1.29 is 24.5 Å². The van der Waals surface area contributed by atoms with Crippen molar-refractivity contribution in [2.75, 3.05) is 18.9 Å². The number of anilines is 1. The second-order valence-electron chi connectivity index (χ2n) is 6.85. The lowest BCUT2D eigenvalue weighted by molar-refractivity contribution is -0.121. The number of nitrogens with zero attached hydrogens (tertiary/aromatic N) is 2. The number of carbonyl (C=O) groups excluding carboxylic acids is 2. The molecule has 0 bridgehead atoms. The maximum absolute atomic E-state index is 12.4. The van der Waals surface area contributed by atoms with E-state index >= 15 is 0 Å². The second-order valence-corrected chi connectivity index (χ2v) is 6.85. The Morgan fingerprint density at radius 2 is 2.33 bits per heavy atom. The van der Waals surface area contributed by atoms with Crippen molar-refractivity contribution >= 4 is 29.2 Å². The molecule has 30 heavy (non-hydrogen) atoms. The molecule has 3 atom stereocenters. The van der Waals surface area contributed by atoms with Gasteiger partial charge in [0.05, 0.1) is 30.2 Å². The Kier molecular flexibility index (Phi) is 6.83. The van der Waals surface area contributed by atoms with Crippen LogP contribution in [0, 0.1) is 11.8 Å². The third kappa shape index (κ3) is 4.68. The molecule has 1 aliphatic rings. The normalized spacial score (nSPS) is 20.7. The number of hydrogen-bond acceptors (Lipinski definition) is 8. The summed E-state index contributed by atoms with van der Waals surface area (Å²) in [6, 6.07) is 0. The van der Waals surface area contributed by atoms with Crippen LogP contribution < -0.4 is 16.6 Å². The molecule has 6 N–H and O–H groups in total. The van der Waals surface area contributed by atoms with Gasteiger partial charge in [-0.2, -0.15) is 4.98 Å². The Balaban J connectivity index is 1.83. The van der Waals surface area contributed by atoms with Gasteiger partial charge in [0.25, 0.3) is 5.56 Å². The first-order valence-corrected chi connectivity index (χ1v) is 9.48. The molecule has 1 saturated heterocycles. The Labute approximate surface area is 171 Å². The number of aromatic amines is 1. The molecule has 1 fully saturated rings. The summed E-state index contributed by atoms with van der Waals surface area (Å²) in [5.41, 5.74) is 5.80. The second kappa shape index (κ2) is 9.53. The number of nitrogens with one attached hydrogen (secondary N) is 2. The molecular formula is C19H23N5O6. The van der Waals surface area contributed by atoms with Crippen LogP contribution in [0.3, 0.4) is 0 Å². The number of unbranched alkanes of at least 4 members (excludes halogenated alkanes) is 1. The van der Waals surface area contributed by atoms with Crippen LogP contribution in [0.4, 0.5) is 5.95 Å². The molecule has 0 aliphatic carbocycles. The fourth-order valence-electron chi connectivity index (χ4n) is 3.25. The van der Waals surface area contributed by atoms with Crippen LogP contribution in [0.2, 0.25) is 0 Å². The number of ether oxygens (including phenoxy) is 1. The highest BCUT2D eigenvalue weighted by Gasteiger charge is 2.35. The molecule has 2 aromatic rings. The maximum atomic E-state index is 12.4. The standard InChI is InChI=1S/C19H23N5O6/c20-19-22-17-16(18(29)23-19)11(4-3-6-21-14(28)5-1-2-7-25)9-24(17)15-8-12(27)13(10-26)30-15/h7,9,12-13,15,26-27H,1-2,5-6,8,10H2,(H,21,28)(H3,20,22,23,29). The molecule has 1 aliphatic heterocycles. The van der Waals surface area contributed by atoms with Crippen LogP contribution in [0.5, 0.6) is 0 Å². The summed E-state index contributed by atoms with van der Waals surface area (Å²) in [7, 11) is 0. The van der Waals surface area contributed by atoms with E-state index in [0.717, 1.165) is 6.29 Å². The van der Waals surface area contributed by atoms with Crippen molar-refractivity contribution in [1.82, 2.24) is 19.9 Å². The predicted octanol–water partition coefficient (Wildman–Crippen LogP) is -1.22. The molecule has 11 nitrogen and oxygen atoms in total. The molecule has 3 heterocycles. The molecule has 0 spiro atoms. The van der Waals surface area contributed by atoms with Gasteiger partial charge in [-0.1, -0.05) is 11.8 Å². The Hall–Kier alpha value is -3.20. The van der Waals surface area contributed by atoms with Crippen LogP contribution in [0.15, 0.2) is 11.0 Å². The van der Waals surface area contributed by atoms with Gasteiger partial charge < -0.3 is 35.4 Å². The molecule has 2 aromatic heterocycles. The fraction of sp³-hybridized carbons (Fsp3) is 0.474. The quantitative estimate of drug-likeness (QED) is 0.212. The van der Waals surface area contributed by atoms with E-state index in [0.29, 0.717) is 18.4 Å². The third-order valence-corrected chi connectivity index (χ3v) is 4.72. The molecule has 11 heteroatoms. The van der Waals surface area contributed by atoms with Gasteiger partial charge in [-0.3, -0.25) is 14.6 Å². The number of amides is 1. The zero-order valence-electron chi connectivity index (χ0n) is 16.1. The van der Waals surface area contributed by atoms with Crippen molar-refractivity contribution in [3.8, 4) is 11.8 Å². The van der Waals surface area contributed by atoms with Crippen molar-refractivity contribution in [3.63, 3.8) is 0 Å². The molecule has 0 saturated carbocycles. The van der Waals surface area contributed by atoms with Crippen LogP contribution in [-0.2, 0) is 14.3 Å². The first-order chi connectivity index (χ1) is 14.4. The monoisotopic (exact) mass is 417 g/mol. The van der Waals surface area contributed by atoms with Gasteiger partial charge in [0.15, 0.2) is 5.65 Å². The zero-order valence-corrected chi connectivity index (χ0v) is 16.1. The summed E-state index contributed by atoms with van der Waals surface area (Å²) in [5, 5.41) is 22.1. The van der Waals surface area contributed by atoms with Crippen LogP contribution in [0.25, 0.3) is 11.0 Å². The van der Waals surface area contributed by atoms with E-state index in [1.165, 1.54) is 0 Å². The molecule has 0 aromatic carbocycles. The predicted molar refractivity (Wildman–Crippen MR) is 106 cm³/mol. The Morgan fingerprint density at radius 3 is 3.03 bits per heavy atom. The highest BCUT2D eigenvalue weighted by Crippen LogP contribution is 2.32. The van der Waals surface area contributed by atoms with E-state index in [9.17, 15) is 24.6 Å². The summed E-state index contributed by atoms with van der Waals surface area (Å²) < 4.78 is 7.21. The topological polar surface area (TPSA) is 173 Å². The van der Waals surface area contributed by atoms with Gasteiger partial charge in [0, 0.05) is 25.5 Å². The van der Waals surface area contributed by atoms with E-state index < -0.39 is 24.0 Å². The van der Waals surface area contributed by atoms with Gasteiger partial charge in [-0.15, -0.1) is 0 Å². The Bertz CT molecular complexity index is 1050. The fourth-order valence-corrected chi connectivity index (χ4v) is 3.25. The maximum Gasteiger partial charge on any atom is 0.263 e. The summed E-state index contributed by atoms with van der Waals surface area (Å²) in [6.07, 6.45) is 1.31. The molecule has 0 radical (unpaired) electrons. The molecule has 3 unspecified atom stereocenters. The van der Waals surface area contributed by atoms with Crippen LogP contribution in [0.1, 0.15) is 37.5 Å². The summed E-state index contributed by atoms with van der Waals surface area (Å²) in [4.78, 5) is 41.0. The lowest BCUT2D eigenvalue weighted by Gasteiger charge is -2.14. The number of aliphatic hydroxyl groups excluding tert-OH is 2. The van der Waals surface area contributed by atoms with Gasteiger partial charge in [-0.25, -0.2) is 0 Å². The minimum Gasteiger partial charge on any atom is -0.394 e. The molecule has 1 amide bonds. The van der Waals surface area contributed by atoms with Crippen molar-refractivity contribution in [1.29, 1.82) is 0 Å². The number of fused-ring (bicyclic) bond motifs is 1. The lowest BCUT2D eigenvalue weighted by Crippen LogP contribution is -2.24. The first-order valence-electron chi connectivity index (χ1n) is 9.48. The summed E-state index contributed by atoms with van der Waals surface area (Å²) in [6.45, 7) is -0.273. The number of carbonyl (C=O) groups is 2. The SMILES string of the molecule is Nc1nc2c(c(C#CCNC(=O)CCCC=O)cn2C2CC(O)C(CO)O2)c(=O)[nH]1. The minimum atomic E-state index is -0.860. The van der Waals surface area contributed by atoms with Crippen molar-refractivity contribution in [2.45, 2.75) is 44.1 Å². The number of aliphatic hydroxyl groups is 2. The van der Waals surface area contributed by atoms with Gasteiger partial charge in [0.2, 0.25) is 11.9 Å². The Morgan fingerprint density at radius 1 is 1.53 bits per heavy atom. The van der Waals surface area contributed by atoms with Crippen LogP contribution in [-0.4, -0.2) is 62.3 Å². The van der Waals surface area contributed by atoms with E-state index in [2.05, 4.69) is 27.1 Å². The van der Waals surface area contributed by atoms with Crippen LogP contribution >= 0.6 is 0 Å². The summed E-state index contributed by atoms with van der Waals surface area (Å²) >= 11 is 0. The number of hydrogen-bond donors (Lipinski definition) is 5. The average molecular weight is 417 g/mol. The number of nitrogen functional groups attached to an aromatic ring is 1. The number of H-pyrrole nitrogens is 1. The van der Waals surface area contributed by atoms with Gasteiger partial charge in [-0.05, 0) is 6.42 Å². The van der Waals surface area contributed by atoms with Crippen molar-refractivity contribution in [3.05, 3.63) is 22.1 Å². The number of rotatable bonds is 7. The van der Waals surface area contributed by atoms with Gasteiger partial charge >= 0.3 is 0 Å². The highest BCUT2D eigenvalue weighted by atomic mass is 16.5. The average Bonchev–Trinajstić information content (AvgIpc) is 3.25. The smallest absolute Gasteiger partial charge is 0.263 e. The van der Waals surface area contributed by atoms with Crippen molar-refractivity contribution in [2.24, 2.45) is 0 Å². The highest BCUT2D eigenvalue weighted by molar-refractivity contribution is 5.84. The zero-order chi connectivity index (χ0) is 21.7. The minimum absolute atomic E-state index is 0.0676. The van der Waals surface area contributed by atoms with E-state index in [1.807, 2.05) is 0 Å². The first kappa shape index (κ1) is 21.5. The molecule has 160 valence electrons. The van der Waals surface area contributed by atoms with E-state index in [1.54, 1.807) is 10.8 Å². The summed E-state index contributed by atoms with van der Waals surface area (Å²) in [5.74, 6) is 5.33. The number of aromatic nitrogens is 3. The number of aldehydes is 1. The third-order valence-electron chi connectivity index (χ3n) is 4.72. The van der Waals surface area contributed by atoms with Gasteiger partial charge in [0.1, 0.15) is 18.6 Å². The van der Waals surface area contributed by atoms with E-state index in [-0.39, 0.29) is 48.9 Å². The molecular weight excluding hydrogens is 394 g/mol. The lowest BCUT2D eigenvalue weighted by atomic mass is 10.2.